The molecule has 0 unspecified atom stereocenters. The molecule has 0 amide bonds. The number of hydrogen-bond donors (Lipinski definition) is 0. The van der Waals surface area contributed by atoms with E-state index in [1.165, 1.54) is 0 Å². The number of morpholine rings is 1. The van der Waals surface area contributed by atoms with Gasteiger partial charge in [-0.3, -0.25) is 14.4 Å². The summed E-state index contributed by atoms with van der Waals surface area (Å²) in [6, 6.07) is 11.7. The van der Waals surface area contributed by atoms with E-state index >= 15 is 0 Å². The van der Waals surface area contributed by atoms with Crippen LogP contribution in [0, 0.1) is 0 Å². The van der Waals surface area contributed by atoms with E-state index in [-0.39, 0.29) is 5.56 Å². The Labute approximate surface area is 158 Å². The van der Waals surface area contributed by atoms with Crippen LogP contribution in [0.5, 0.6) is 0 Å². The molecular weight excluding hydrogens is 340 g/mol. The highest BCUT2D eigenvalue weighted by molar-refractivity contribution is 5.82. The van der Waals surface area contributed by atoms with Crippen LogP contribution in [0.1, 0.15) is 0 Å². The van der Waals surface area contributed by atoms with Crippen LogP contribution >= 0.6 is 0 Å². The quantitative estimate of drug-likeness (QED) is 0.697. The highest BCUT2D eigenvalue weighted by Crippen LogP contribution is 2.30. The first-order valence-corrected chi connectivity index (χ1v) is 9.30. The van der Waals surface area contributed by atoms with E-state index in [0.717, 1.165) is 61.6 Å². The summed E-state index contributed by atoms with van der Waals surface area (Å²) in [4.78, 5) is 14.6. The van der Waals surface area contributed by atoms with Crippen LogP contribution in [0.3, 0.4) is 0 Å². The van der Waals surface area contributed by atoms with Crippen molar-refractivity contribution in [2.24, 2.45) is 7.05 Å². The molecule has 1 aliphatic heterocycles. The monoisotopic (exact) mass is 364 g/mol. The van der Waals surface area contributed by atoms with Gasteiger partial charge in [-0.25, -0.2) is 0 Å². The van der Waals surface area contributed by atoms with Crippen molar-refractivity contribution in [2.45, 2.75) is 6.54 Å². The van der Waals surface area contributed by atoms with Crippen LogP contribution in [0.2, 0.25) is 0 Å². The molecule has 2 aromatic heterocycles. The average molecular weight is 364 g/mol. The molecule has 1 aromatic carbocycles. The summed E-state index contributed by atoms with van der Waals surface area (Å²) in [7, 11) is 1.78. The summed E-state index contributed by atoms with van der Waals surface area (Å²) in [5, 5.41) is 4.54. The number of benzene rings is 1. The highest BCUT2D eigenvalue weighted by Gasteiger charge is 2.13. The summed E-state index contributed by atoms with van der Waals surface area (Å²) in [5.74, 6) is 0. The molecule has 6 heteroatoms. The first-order valence-electron chi connectivity index (χ1n) is 9.30. The van der Waals surface area contributed by atoms with E-state index in [0.29, 0.717) is 0 Å². The molecule has 140 valence electrons. The normalized spacial score (nSPS) is 15.1. The molecule has 0 bridgehead atoms. The number of rotatable bonds is 5. The third kappa shape index (κ3) is 4.02. The molecule has 6 nitrogen and oxygen atoms in total. The van der Waals surface area contributed by atoms with Crippen molar-refractivity contribution >= 4 is 0 Å². The van der Waals surface area contributed by atoms with Gasteiger partial charge >= 0.3 is 0 Å². The molecule has 1 saturated heterocycles. The van der Waals surface area contributed by atoms with Crippen LogP contribution in [-0.4, -0.2) is 52.1 Å². The van der Waals surface area contributed by atoms with Crippen LogP contribution in [0.15, 0.2) is 59.8 Å². The predicted molar refractivity (Wildman–Crippen MR) is 106 cm³/mol. The van der Waals surface area contributed by atoms with Crippen molar-refractivity contribution in [1.29, 1.82) is 0 Å². The maximum absolute atomic E-state index is 12.2. The number of ether oxygens (including phenoxy) is 1. The van der Waals surface area contributed by atoms with Crippen molar-refractivity contribution in [1.82, 2.24) is 19.2 Å². The topological polar surface area (TPSA) is 52.3 Å². The maximum Gasteiger partial charge on any atom is 0.250 e. The molecule has 3 aromatic rings. The summed E-state index contributed by atoms with van der Waals surface area (Å²) in [5.41, 5.74) is 3.99. The summed E-state index contributed by atoms with van der Waals surface area (Å²) in [6.45, 7) is 5.38. The number of aryl methyl sites for hydroxylation is 1. The molecule has 0 atom stereocenters. The molecule has 0 spiro atoms. The molecule has 0 saturated carbocycles. The Hall–Kier alpha value is -2.70. The van der Waals surface area contributed by atoms with Gasteiger partial charge in [0.05, 0.1) is 26.0 Å². The molecule has 1 fully saturated rings. The Morgan fingerprint density at radius 1 is 1.00 bits per heavy atom. The zero-order valence-corrected chi connectivity index (χ0v) is 15.5. The minimum Gasteiger partial charge on any atom is -0.379 e. The molecule has 4 rings (SSSR count). The van der Waals surface area contributed by atoms with Crippen LogP contribution in [0.4, 0.5) is 0 Å². The van der Waals surface area contributed by atoms with Crippen LogP contribution in [0.25, 0.3) is 22.3 Å². The zero-order chi connectivity index (χ0) is 18.6. The first-order chi connectivity index (χ1) is 13.2. The molecule has 0 N–H and O–H groups in total. The number of pyridine rings is 1. The van der Waals surface area contributed by atoms with Crippen molar-refractivity contribution in [3.05, 3.63) is 65.3 Å². The van der Waals surface area contributed by atoms with Gasteiger partial charge in [-0.15, -0.1) is 0 Å². The fraction of sp³-hybridized carbons (Fsp3) is 0.333. The molecule has 0 radical (unpaired) electrons. The Morgan fingerprint density at radius 3 is 2.56 bits per heavy atom. The van der Waals surface area contributed by atoms with Gasteiger partial charge < -0.3 is 9.30 Å². The van der Waals surface area contributed by atoms with Gasteiger partial charge in [-0.2, -0.15) is 5.10 Å². The number of nitrogens with zero attached hydrogens (tertiary/aromatic N) is 4. The minimum atomic E-state index is -0.0164. The van der Waals surface area contributed by atoms with Crippen molar-refractivity contribution in [2.75, 3.05) is 32.8 Å². The maximum atomic E-state index is 12.2. The smallest absolute Gasteiger partial charge is 0.250 e. The second-order valence-electron chi connectivity index (χ2n) is 6.86. The lowest BCUT2D eigenvalue weighted by Crippen LogP contribution is -2.38. The second-order valence-corrected chi connectivity index (χ2v) is 6.86. The van der Waals surface area contributed by atoms with Crippen molar-refractivity contribution in [3.8, 4) is 22.3 Å². The SMILES string of the molecule is Cn1cc(-c2cnn(CCN3CCOCC3)c2)c(-c2ccccc2)cc1=O. The van der Waals surface area contributed by atoms with Gasteiger partial charge in [0.25, 0.3) is 5.56 Å². The van der Waals surface area contributed by atoms with Gasteiger partial charge in [0.2, 0.25) is 0 Å². The van der Waals surface area contributed by atoms with Gasteiger partial charge in [-0.1, -0.05) is 30.3 Å². The predicted octanol–water partition coefficient (Wildman–Crippen LogP) is 2.25. The zero-order valence-electron chi connectivity index (χ0n) is 15.5. The summed E-state index contributed by atoms with van der Waals surface area (Å²) >= 11 is 0. The number of aromatic nitrogens is 3. The lowest BCUT2D eigenvalue weighted by atomic mass is 9.98. The second kappa shape index (κ2) is 7.90. The largest absolute Gasteiger partial charge is 0.379 e. The molecule has 0 aliphatic carbocycles. The van der Waals surface area contributed by atoms with Gasteiger partial charge in [0, 0.05) is 56.3 Å². The number of hydrogen-bond acceptors (Lipinski definition) is 4. The fourth-order valence-corrected chi connectivity index (χ4v) is 3.41. The Bertz CT molecular complexity index is 956. The van der Waals surface area contributed by atoms with Crippen LogP contribution < -0.4 is 5.56 Å². The van der Waals surface area contributed by atoms with E-state index in [2.05, 4.69) is 16.2 Å². The van der Waals surface area contributed by atoms with Crippen LogP contribution in [-0.2, 0) is 18.3 Å². The van der Waals surface area contributed by atoms with Gasteiger partial charge in [-0.05, 0) is 11.1 Å². The van der Waals surface area contributed by atoms with Crippen molar-refractivity contribution in [3.63, 3.8) is 0 Å². The first kappa shape index (κ1) is 17.7. The minimum absolute atomic E-state index is 0.0164. The molecule has 1 aliphatic rings. The molecule has 27 heavy (non-hydrogen) atoms. The standard InChI is InChI=1S/C21H24N4O2/c1-23-16-20(19(13-21(23)26)17-5-3-2-4-6-17)18-14-22-25(15-18)8-7-24-9-11-27-12-10-24/h2-6,13-16H,7-12H2,1H3. The summed E-state index contributed by atoms with van der Waals surface area (Å²) < 4.78 is 8.99. The van der Waals surface area contributed by atoms with E-state index < -0.39 is 0 Å². The molecule has 3 heterocycles. The summed E-state index contributed by atoms with van der Waals surface area (Å²) in [6.07, 6.45) is 5.84. The Morgan fingerprint density at radius 2 is 1.78 bits per heavy atom. The van der Waals surface area contributed by atoms with E-state index in [9.17, 15) is 4.79 Å². The average Bonchev–Trinajstić information content (AvgIpc) is 3.18. The molecular formula is C21H24N4O2. The Balaban J connectivity index is 1.61. The Kier molecular flexibility index (Phi) is 5.18. The lowest BCUT2D eigenvalue weighted by molar-refractivity contribution is 0.0360. The fourth-order valence-electron chi connectivity index (χ4n) is 3.41. The van der Waals surface area contributed by atoms with Crippen molar-refractivity contribution < 1.29 is 4.74 Å². The highest BCUT2D eigenvalue weighted by atomic mass is 16.5. The van der Waals surface area contributed by atoms with Gasteiger partial charge in [0.15, 0.2) is 0 Å². The van der Waals surface area contributed by atoms with Gasteiger partial charge in [0.1, 0.15) is 0 Å². The van der Waals surface area contributed by atoms with E-state index in [1.807, 2.05) is 47.4 Å². The third-order valence-corrected chi connectivity index (χ3v) is 5.01. The van der Waals surface area contributed by atoms with E-state index in [4.69, 9.17) is 4.74 Å². The third-order valence-electron chi connectivity index (χ3n) is 5.01. The van der Waals surface area contributed by atoms with E-state index in [1.54, 1.807) is 17.7 Å². The lowest BCUT2D eigenvalue weighted by Gasteiger charge is -2.26.